The number of aryl methyl sites for hydroxylation is 1. The lowest BCUT2D eigenvalue weighted by molar-refractivity contribution is -0.892. The van der Waals surface area contributed by atoms with E-state index >= 15 is 0 Å². The summed E-state index contributed by atoms with van der Waals surface area (Å²) in [4.78, 5) is 16.4. The molecule has 0 unspecified atom stereocenters. The zero-order chi connectivity index (χ0) is 20.2. The van der Waals surface area contributed by atoms with Crippen LogP contribution in [0.5, 0.6) is 0 Å². The van der Waals surface area contributed by atoms with Crippen molar-refractivity contribution in [3.8, 4) is 0 Å². The van der Waals surface area contributed by atoms with Gasteiger partial charge in [-0.05, 0) is 47.9 Å². The second-order valence-electron chi connectivity index (χ2n) is 8.10. The lowest BCUT2D eigenvalue weighted by Crippen LogP contribution is -3.16. The Morgan fingerprint density at radius 2 is 1.69 bits per heavy atom. The molecule has 4 rings (SSSR count). The van der Waals surface area contributed by atoms with E-state index in [0.717, 1.165) is 31.7 Å². The molecule has 29 heavy (non-hydrogen) atoms. The molecular weight excluding hydrogens is 358 g/mol. The van der Waals surface area contributed by atoms with E-state index in [1.54, 1.807) is 0 Å². The minimum absolute atomic E-state index is 0.0137. The topological polar surface area (TPSA) is 36.8 Å². The van der Waals surface area contributed by atoms with E-state index in [1.807, 2.05) is 0 Å². The number of carbonyl (C=O) groups excluding carboxylic acids is 1. The minimum atomic E-state index is 0.0137. The van der Waals surface area contributed by atoms with E-state index in [1.165, 1.54) is 26.9 Å². The minimum Gasteiger partial charge on any atom is -0.360 e. The number of quaternary nitrogens is 1. The maximum Gasteiger partial charge on any atom is 0.275 e. The number of nitrogens with zero attached hydrogens (tertiary/aromatic N) is 1. The van der Waals surface area contributed by atoms with Gasteiger partial charge in [0.2, 0.25) is 0 Å². The third kappa shape index (κ3) is 4.60. The molecule has 1 aliphatic rings. The quantitative estimate of drug-likeness (QED) is 0.705. The molecule has 1 fully saturated rings. The summed E-state index contributed by atoms with van der Waals surface area (Å²) in [5, 5.41) is 5.63. The molecule has 1 atom stereocenters. The number of para-hydroxylation sites is 1. The highest BCUT2D eigenvalue weighted by Gasteiger charge is 2.23. The van der Waals surface area contributed by atoms with Crippen LogP contribution in [0.25, 0.3) is 10.8 Å². The Hall–Kier alpha value is -2.85. The van der Waals surface area contributed by atoms with E-state index in [4.69, 9.17) is 0 Å². The molecule has 0 radical (unpaired) electrons. The van der Waals surface area contributed by atoms with Gasteiger partial charge < -0.3 is 15.1 Å². The first-order valence-electron chi connectivity index (χ1n) is 10.5. The van der Waals surface area contributed by atoms with Gasteiger partial charge in [0.15, 0.2) is 6.54 Å². The van der Waals surface area contributed by atoms with Gasteiger partial charge in [-0.2, -0.15) is 0 Å². The van der Waals surface area contributed by atoms with Gasteiger partial charge in [0.1, 0.15) is 0 Å². The fourth-order valence-corrected chi connectivity index (χ4v) is 4.24. The average Bonchev–Trinajstić information content (AvgIpc) is 2.74. The number of nitrogens with one attached hydrogen (secondary N) is 2. The first kappa shape index (κ1) is 19.5. The Morgan fingerprint density at radius 3 is 2.45 bits per heavy atom. The van der Waals surface area contributed by atoms with Crippen molar-refractivity contribution >= 4 is 22.4 Å². The summed E-state index contributed by atoms with van der Waals surface area (Å²) in [6.07, 6.45) is 0. The van der Waals surface area contributed by atoms with Crippen LogP contribution < -0.4 is 15.1 Å². The monoisotopic (exact) mass is 388 g/mol. The molecule has 1 aliphatic heterocycles. The molecule has 0 spiro atoms. The maximum absolute atomic E-state index is 12.6. The molecule has 3 aromatic rings. The van der Waals surface area contributed by atoms with Crippen LogP contribution in [0.4, 0.5) is 5.69 Å². The zero-order valence-corrected chi connectivity index (χ0v) is 17.3. The Morgan fingerprint density at radius 1 is 1.00 bits per heavy atom. The molecule has 0 bridgehead atoms. The lowest BCUT2D eigenvalue weighted by Gasteiger charge is -2.34. The van der Waals surface area contributed by atoms with Crippen molar-refractivity contribution < 1.29 is 9.69 Å². The molecule has 4 nitrogen and oxygen atoms in total. The SMILES string of the molecule is Cc1ccccc1N1CC[NH+](CC(=O)N[C@H](C)c2ccc3ccccc3c2)CC1. The Bertz CT molecular complexity index is 992. The molecule has 150 valence electrons. The van der Waals surface area contributed by atoms with Crippen LogP contribution >= 0.6 is 0 Å². The fourth-order valence-electron chi connectivity index (χ4n) is 4.24. The predicted octanol–water partition coefficient (Wildman–Crippen LogP) is 2.73. The number of hydrogen-bond donors (Lipinski definition) is 2. The van der Waals surface area contributed by atoms with Crippen LogP contribution in [-0.4, -0.2) is 38.6 Å². The summed E-state index contributed by atoms with van der Waals surface area (Å²) in [6.45, 7) is 8.74. The molecule has 1 amide bonds. The number of carbonyl (C=O) groups is 1. The summed E-state index contributed by atoms with van der Waals surface area (Å²) in [5.74, 6) is 0.130. The first-order valence-corrected chi connectivity index (χ1v) is 10.5. The summed E-state index contributed by atoms with van der Waals surface area (Å²) in [5.41, 5.74) is 3.79. The lowest BCUT2D eigenvalue weighted by atomic mass is 10.0. The fraction of sp³-hybridized carbons (Fsp3) is 0.320. The van der Waals surface area contributed by atoms with Gasteiger partial charge >= 0.3 is 0 Å². The van der Waals surface area contributed by atoms with Gasteiger partial charge in [-0.15, -0.1) is 0 Å². The molecule has 0 aliphatic carbocycles. The van der Waals surface area contributed by atoms with Crippen molar-refractivity contribution in [2.75, 3.05) is 37.6 Å². The molecular formula is C25H30N3O+. The van der Waals surface area contributed by atoms with E-state index in [0.29, 0.717) is 6.54 Å². The van der Waals surface area contributed by atoms with Crippen molar-refractivity contribution in [2.45, 2.75) is 19.9 Å². The number of piperazine rings is 1. The molecule has 2 N–H and O–H groups in total. The van der Waals surface area contributed by atoms with Gasteiger partial charge in [0.05, 0.1) is 32.2 Å². The van der Waals surface area contributed by atoms with Crippen molar-refractivity contribution in [1.82, 2.24) is 5.32 Å². The van der Waals surface area contributed by atoms with E-state index in [9.17, 15) is 4.79 Å². The summed E-state index contributed by atoms with van der Waals surface area (Å²) < 4.78 is 0. The van der Waals surface area contributed by atoms with Gasteiger partial charge in [-0.25, -0.2) is 0 Å². The van der Waals surface area contributed by atoms with Crippen molar-refractivity contribution in [3.05, 3.63) is 77.9 Å². The molecule has 1 heterocycles. The van der Waals surface area contributed by atoms with Gasteiger partial charge in [-0.1, -0.05) is 54.6 Å². The largest absolute Gasteiger partial charge is 0.360 e. The Balaban J connectivity index is 1.30. The third-order valence-electron chi connectivity index (χ3n) is 5.99. The first-order chi connectivity index (χ1) is 14.1. The number of benzene rings is 3. The summed E-state index contributed by atoms with van der Waals surface area (Å²) in [6, 6.07) is 23.3. The van der Waals surface area contributed by atoms with Crippen LogP contribution in [0.15, 0.2) is 66.7 Å². The molecule has 0 saturated carbocycles. The Kier molecular flexibility index (Phi) is 5.81. The molecule has 3 aromatic carbocycles. The predicted molar refractivity (Wildman–Crippen MR) is 119 cm³/mol. The smallest absolute Gasteiger partial charge is 0.275 e. The van der Waals surface area contributed by atoms with E-state index in [-0.39, 0.29) is 11.9 Å². The van der Waals surface area contributed by atoms with Crippen LogP contribution in [0, 0.1) is 6.92 Å². The Labute approximate surface area is 173 Å². The summed E-state index contributed by atoms with van der Waals surface area (Å²) in [7, 11) is 0. The molecule has 0 aromatic heterocycles. The normalized spacial score (nSPS) is 16.0. The standard InChI is InChI=1S/C25H29N3O/c1-19-7-3-6-10-24(19)28-15-13-27(14-16-28)18-25(29)26-20(2)22-12-11-21-8-4-5-9-23(21)17-22/h3-12,17,20H,13-16,18H2,1-2H3,(H,26,29)/p+1/t20-/m1/s1. The van der Waals surface area contributed by atoms with Crippen LogP contribution in [0.3, 0.4) is 0 Å². The second kappa shape index (κ2) is 8.66. The molecule has 4 heteroatoms. The number of anilines is 1. The highest BCUT2D eigenvalue weighted by atomic mass is 16.2. The van der Waals surface area contributed by atoms with Crippen LogP contribution in [0.1, 0.15) is 24.1 Å². The third-order valence-corrected chi connectivity index (χ3v) is 5.99. The molecule has 1 saturated heterocycles. The number of hydrogen-bond acceptors (Lipinski definition) is 2. The van der Waals surface area contributed by atoms with Crippen molar-refractivity contribution in [2.24, 2.45) is 0 Å². The highest BCUT2D eigenvalue weighted by molar-refractivity contribution is 5.83. The van der Waals surface area contributed by atoms with Gasteiger partial charge in [0, 0.05) is 5.69 Å². The van der Waals surface area contributed by atoms with Crippen molar-refractivity contribution in [3.63, 3.8) is 0 Å². The number of fused-ring (bicyclic) bond motifs is 1. The average molecular weight is 389 g/mol. The van der Waals surface area contributed by atoms with Gasteiger partial charge in [0.25, 0.3) is 5.91 Å². The van der Waals surface area contributed by atoms with Crippen LogP contribution in [-0.2, 0) is 4.79 Å². The second-order valence-corrected chi connectivity index (χ2v) is 8.10. The number of amides is 1. The highest BCUT2D eigenvalue weighted by Crippen LogP contribution is 2.20. The summed E-state index contributed by atoms with van der Waals surface area (Å²) >= 11 is 0. The van der Waals surface area contributed by atoms with E-state index in [2.05, 4.69) is 90.8 Å². The van der Waals surface area contributed by atoms with Crippen LogP contribution in [0.2, 0.25) is 0 Å². The van der Waals surface area contributed by atoms with Gasteiger partial charge in [-0.3, -0.25) is 4.79 Å². The maximum atomic E-state index is 12.6. The van der Waals surface area contributed by atoms with E-state index < -0.39 is 0 Å². The number of rotatable bonds is 5. The zero-order valence-electron chi connectivity index (χ0n) is 17.3. The van der Waals surface area contributed by atoms with Crippen molar-refractivity contribution in [1.29, 1.82) is 0 Å².